The van der Waals surface area contributed by atoms with Crippen molar-refractivity contribution in [2.24, 2.45) is 5.10 Å². The summed E-state index contributed by atoms with van der Waals surface area (Å²) in [5.41, 5.74) is 3.52. The predicted molar refractivity (Wildman–Crippen MR) is 110 cm³/mol. The van der Waals surface area contributed by atoms with Crippen LogP contribution in [0.1, 0.15) is 15.9 Å². The maximum Gasteiger partial charge on any atom is 0.271 e. The Labute approximate surface area is 168 Å². The molecular weight excluding hydrogens is 392 g/mol. The quantitative estimate of drug-likeness (QED) is 0.460. The van der Waals surface area contributed by atoms with Crippen LogP contribution in [0.25, 0.3) is 0 Å². The molecule has 0 radical (unpaired) electrons. The third kappa shape index (κ3) is 5.17. The molecule has 0 spiro atoms. The van der Waals surface area contributed by atoms with Crippen molar-refractivity contribution in [3.8, 4) is 5.75 Å². The lowest BCUT2D eigenvalue weighted by molar-refractivity contribution is 0.0955. The van der Waals surface area contributed by atoms with Gasteiger partial charge in [0, 0.05) is 23.5 Å². The number of aromatic nitrogens is 1. The minimum Gasteiger partial charge on any atom is -0.495 e. The molecule has 1 aromatic heterocycles. The number of hydrazone groups is 1. The zero-order valence-corrected chi connectivity index (χ0v) is 16.3. The van der Waals surface area contributed by atoms with E-state index in [1.54, 1.807) is 48.8 Å². The summed E-state index contributed by atoms with van der Waals surface area (Å²) in [6.07, 6.45) is 4.65. The monoisotopic (exact) mass is 410 g/mol. The zero-order valence-electron chi connectivity index (χ0n) is 15.4. The summed E-state index contributed by atoms with van der Waals surface area (Å²) in [6, 6.07) is 15.8. The molecule has 0 aliphatic rings. The van der Waals surface area contributed by atoms with Gasteiger partial charge in [-0.25, -0.2) is 13.8 Å². The van der Waals surface area contributed by atoms with Crippen LogP contribution in [0.2, 0.25) is 0 Å². The van der Waals surface area contributed by atoms with Crippen LogP contribution in [0.5, 0.6) is 5.75 Å². The Bertz CT molecular complexity index is 1130. The smallest absolute Gasteiger partial charge is 0.271 e. The van der Waals surface area contributed by atoms with Crippen molar-refractivity contribution in [1.82, 2.24) is 10.4 Å². The van der Waals surface area contributed by atoms with Gasteiger partial charge in [0.05, 0.1) is 23.9 Å². The first-order valence-electron chi connectivity index (χ1n) is 8.49. The van der Waals surface area contributed by atoms with Gasteiger partial charge in [-0.3, -0.25) is 14.5 Å². The molecule has 0 aliphatic carbocycles. The number of amides is 1. The van der Waals surface area contributed by atoms with Crippen LogP contribution in [-0.2, 0) is 10.0 Å². The molecule has 148 valence electrons. The van der Waals surface area contributed by atoms with Gasteiger partial charge in [0.2, 0.25) is 0 Å². The molecular formula is C20H18N4O4S. The Kier molecular flexibility index (Phi) is 6.20. The van der Waals surface area contributed by atoms with E-state index in [0.717, 1.165) is 0 Å². The molecule has 0 unspecified atom stereocenters. The van der Waals surface area contributed by atoms with Crippen LogP contribution >= 0.6 is 0 Å². The van der Waals surface area contributed by atoms with Crippen molar-refractivity contribution >= 4 is 27.8 Å². The van der Waals surface area contributed by atoms with Gasteiger partial charge in [-0.2, -0.15) is 5.10 Å². The number of rotatable bonds is 7. The second kappa shape index (κ2) is 8.98. The molecule has 0 saturated carbocycles. The lowest BCUT2D eigenvalue weighted by atomic mass is 10.2. The highest BCUT2D eigenvalue weighted by Gasteiger charge is 2.18. The molecule has 29 heavy (non-hydrogen) atoms. The van der Waals surface area contributed by atoms with E-state index < -0.39 is 15.9 Å². The maximum absolute atomic E-state index is 12.7. The Hall–Kier alpha value is -3.72. The number of nitrogens with zero attached hydrogens (tertiary/aromatic N) is 2. The Morgan fingerprint density at radius 3 is 2.69 bits per heavy atom. The van der Waals surface area contributed by atoms with Crippen LogP contribution in [0.15, 0.2) is 83.1 Å². The first-order valence-corrected chi connectivity index (χ1v) is 9.97. The van der Waals surface area contributed by atoms with Crippen molar-refractivity contribution in [3.05, 3.63) is 84.2 Å². The normalized spacial score (nSPS) is 11.2. The van der Waals surface area contributed by atoms with Gasteiger partial charge < -0.3 is 4.74 Å². The van der Waals surface area contributed by atoms with Gasteiger partial charge in [0.15, 0.2) is 0 Å². The number of pyridine rings is 1. The lowest BCUT2D eigenvalue weighted by Crippen LogP contribution is -2.19. The van der Waals surface area contributed by atoms with Gasteiger partial charge in [-0.05, 0) is 36.4 Å². The fraction of sp³-hybridized carbons (Fsp3) is 0.0500. The van der Waals surface area contributed by atoms with Gasteiger partial charge in [-0.1, -0.05) is 24.3 Å². The summed E-state index contributed by atoms with van der Waals surface area (Å²) in [4.78, 5) is 16.2. The summed E-state index contributed by atoms with van der Waals surface area (Å²) >= 11 is 0. The summed E-state index contributed by atoms with van der Waals surface area (Å²) < 4.78 is 33.0. The van der Waals surface area contributed by atoms with Crippen molar-refractivity contribution < 1.29 is 17.9 Å². The molecule has 0 saturated heterocycles. The standard InChI is InChI=1S/C20H18N4O4S/c1-28-19-10-3-2-9-18(19)24-29(26,27)17-8-4-7-16(12-17)20(25)23-22-14-15-6-5-11-21-13-15/h2-14,24H,1H3,(H,23,25). The third-order valence-corrected chi connectivity index (χ3v) is 5.19. The summed E-state index contributed by atoms with van der Waals surface area (Å²) in [6.45, 7) is 0. The lowest BCUT2D eigenvalue weighted by Gasteiger charge is -2.12. The molecule has 1 amide bonds. The van der Waals surface area contributed by atoms with Crippen LogP contribution in [0, 0.1) is 0 Å². The van der Waals surface area contributed by atoms with Gasteiger partial charge in [-0.15, -0.1) is 0 Å². The average Bonchev–Trinajstić information content (AvgIpc) is 2.74. The van der Waals surface area contributed by atoms with E-state index in [0.29, 0.717) is 17.0 Å². The number of methoxy groups -OCH3 is 1. The number of anilines is 1. The first-order chi connectivity index (χ1) is 14.0. The molecule has 3 aromatic rings. The van der Waals surface area contributed by atoms with Crippen molar-refractivity contribution in [1.29, 1.82) is 0 Å². The van der Waals surface area contributed by atoms with Crippen LogP contribution in [0.4, 0.5) is 5.69 Å². The van der Waals surface area contributed by atoms with Crippen LogP contribution in [-0.4, -0.2) is 32.6 Å². The van der Waals surface area contributed by atoms with E-state index in [4.69, 9.17) is 4.74 Å². The zero-order chi connectivity index (χ0) is 20.7. The number of benzene rings is 2. The fourth-order valence-corrected chi connectivity index (χ4v) is 3.54. The van der Waals surface area contributed by atoms with E-state index in [9.17, 15) is 13.2 Å². The Morgan fingerprint density at radius 1 is 1.10 bits per heavy atom. The van der Waals surface area contributed by atoms with E-state index >= 15 is 0 Å². The molecule has 0 atom stereocenters. The van der Waals surface area contributed by atoms with Gasteiger partial charge in [0.1, 0.15) is 5.75 Å². The average molecular weight is 410 g/mol. The largest absolute Gasteiger partial charge is 0.495 e. The Balaban J connectivity index is 1.76. The number of carbonyl (C=O) groups excluding carboxylic acids is 1. The number of carbonyl (C=O) groups is 1. The number of hydrogen-bond donors (Lipinski definition) is 2. The number of para-hydroxylation sites is 2. The molecule has 8 nitrogen and oxygen atoms in total. The van der Waals surface area contributed by atoms with E-state index in [2.05, 4.69) is 20.2 Å². The number of hydrogen-bond acceptors (Lipinski definition) is 6. The van der Waals surface area contributed by atoms with Crippen molar-refractivity contribution in [2.75, 3.05) is 11.8 Å². The fourth-order valence-electron chi connectivity index (χ4n) is 2.42. The molecule has 9 heteroatoms. The highest BCUT2D eigenvalue weighted by atomic mass is 32.2. The van der Waals surface area contributed by atoms with E-state index in [-0.39, 0.29) is 10.5 Å². The van der Waals surface area contributed by atoms with Crippen molar-refractivity contribution in [2.45, 2.75) is 4.90 Å². The summed E-state index contributed by atoms with van der Waals surface area (Å²) in [5.74, 6) is -0.158. The first kappa shape index (κ1) is 20.0. The summed E-state index contributed by atoms with van der Waals surface area (Å²) in [5, 5.41) is 3.85. The SMILES string of the molecule is COc1ccccc1NS(=O)(=O)c1cccc(C(=O)NN=Cc2cccnc2)c1. The molecule has 3 rings (SSSR count). The number of nitrogens with one attached hydrogen (secondary N) is 2. The van der Waals surface area contributed by atoms with Crippen molar-refractivity contribution in [3.63, 3.8) is 0 Å². The third-order valence-electron chi connectivity index (χ3n) is 3.82. The molecule has 2 aromatic carbocycles. The topological polar surface area (TPSA) is 110 Å². The molecule has 0 bridgehead atoms. The highest BCUT2D eigenvalue weighted by Crippen LogP contribution is 2.26. The number of sulfonamides is 1. The summed E-state index contributed by atoms with van der Waals surface area (Å²) in [7, 11) is -2.47. The predicted octanol–water partition coefficient (Wildman–Crippen LogP) is 2.65. The second-order valence-corrected chi connectivity index (χ2v) is 7.50. The van der Waals surface area contributed by atoms with E-state index in [1.807, 2.05) is 0 Å². The molecule has 0 aliphatic heterocycles. The molecule has 0 fully saturated rings. The minimum atomic E-state index is -3.92. The second-order valence-electron chi connectivity index (χ2n) is 5.82. The number of ether oxygens (including phenoxy) is 1. The maximum atomic E-state index is 12.7. The Morgan fingerprint density at radius 2 is 1.93 bits per heavy atom. The van der Waals surface area contributed by atoms with Gasteiger partial charge in [0.25, 0.3) is 15.9 Å². The van der Waals surface area contributed by atoms with Crippen LogP contribution < -0.4 is 14.9 Å². The molecule has 2 N–H and O–H groups in total. The van der Waals surface area contributed by atoms with Crippen LogP contribution in [0.3, 0.4) is 0 Å². The van der Waals surface area contributed by atoms with Gasteiger partial charge >= 0.3 is 0 Å². The minimum absolute atomic E-state index is 0.0627. The van der Waals surface area contributed by atoms with E-state index in [1.165, 1.54) is 37.6 Å². The highest BCUT2D eigenvalue weighted by molar-refractivity contribution is 7.92. The molecule has 1 heterocycles.